The number of phenols is 2. The van der Waals surface area contributed by atoms with Crippen LogP contribution in [0.25, 0.3) is 0 Å². The van der Waals surface area contributed by atoms with Crippen LogP contribution in [0, 0.1) is 5.82 Å². The van der Waals surface area contributed by atoms with Gasteiger partial charge in [0, 0.05) is 17.5 Å². The molecular formula is C9H11ClFNO2. The molecule has 0 saturated heterocycles. The molecule has 1 atom stereocenters. The van der Waals surface area contributed by atoms with Crippen molar-refractivity contribution >= 4 is 11.6 Å². The molecule has 0 aromatic heterocycles. The van der Waals surface area contributed by atoms with Crippen LogP contribution in [-0.4, -0.2) is 16.8 Å². The summed E-state index contributed by atoms with van der Waals surface area (Å²) in [7, 11) is 0. The monoisotopic (exact) mass is 219 g/mol. The molecule has 14 heavy (non-hydrogen) atoms. The van der Waals surface area contributed by atoms with Crippen molar-refractivity contribution < 1.29 is 14.6 Å². The third-order valence-electron chi connectivity index (χ3n) is 2.05. The van der Waals surface area contributed by atoms with Crippen LogP contribution < -0.4 is 5.73 Å². The predicted octanol–water partition coefficient (Wildman–Crippen LogP) is 1.95. The Kier molecular flexibility index (Phi) is 3.18. The van der Waals surface area contributed by atoms with E-state index in [-0.39, 0.29) is 22.9 Å². The lowest BCUT2D eigenvalue weighted by atomic mass is 9.99. The fourth-order valence-corrected chi connectivity index (χ4v) is 1.40. The number of rotatable bonds is 2. The zero-order chi connectivity index (χ0) is 10.9. The van der Waals surface area contributed by atoms with E-state index in [4.69, 9.17) is 22.4 Å². The first-order valence-electron chi connectivity index (χ1n) is 4.09. The summed E-state index contributed by atoms with van der Waals surface area (Å²) in [5.41, 5.74) is 5.30. The molecule has 0 bridgehead atoms. The normalized spacial score (nSPS) is 12.9. The Labute approximate surface area is 85.9 Å². The van der Waals surface area contributed by atoms with Crippen molar-refractivity contribution in [2.24, 2.45) is 5.73 Å². The summed E-state index contributed by atoms with van der Waals surface area (Å²) in [4.78, 5) is 0. The first-order chi connectivity index (χ1) is 6.49. The van der Waals surface area contributed by atoms with Crippen LogP contribution in [0.15, 0.2) is 6.07 Å². The number of nitrogens with two attached hydrogens (primary N) is 1. The lowest BCUT2D eigenvalue weighted by Crippen LogP contribution is -2.11. The minimum absolute atomic E-state index is 0.0440. The van der Waals surface area contributed by atoms with E-state index in [1.807, 2.05) is 0 Å². The van der Waals surface area contributed by atoms with Gasteiger partial charge in [-0.3, -0.25) is 0 Å². The largest absolute Gasteiger partial charge is 0.506 e. The van der Waals surface area contributed by atoms with Crippen molar-refractivity contribution in [3.05, 3.63) is 22.5 Å². The highest BCUT2D eigenvalue weighted by atomic mass is 35.5. The standard InChI is InChI=1S/C9H11ClFNO2/c1-4(3-12)7-8(11)6(13)2-5(10)9(7)14/h2,4,13-14H,3,12H2,1H3. The smallest absolute Gasteiger partial charge is 0.172 e. The molecule has 0 saturated carbocycles. The van der Waals surface area contributed by atoms with Crippen LogP contribution in [0.4, 0.5) is 4.39 Å². The van der Waals surface area contributed by atoms with Crippen LogP contribution in [0.5, 0.6) is 11.5 Å². The second-order valence-electron chi connectivity index (χ2n) is 3.09. The van der Waals surface area contributed by atoms with E-state index in [2.05, 4.69) is 0 Å². The van der Waals surface area contributed by atoms with Gasteiger partial charge in [0.1, 0.15) is 5.75 Å². The highest BCUT2D eigenvalue weighted by Crippen LogP contribution is 2.38. The fourth-order valence-electron chi connectivity index (χ4n) is 1.19. The molecule has 0 aliphatic heterocycles. The molecule has 78 valence electrons. The summed E-state index contributed by atoms with van der Waals surface area (Å²) in [6.07, 6.45) is 0. The molecule has 0 aliphatic carbocycles. The van der Waals surface area contributed by atoms with Gasteiger partial charge in [-0.1, -0.05) is 18.5 Å². The first-order valence-corrected chi connectivity index (χ1v) is 4.46. The molecule has 4 N–H and O–H groups in total. The summed E-state index contributed by atoms with van der Waals surface area (Å²) in [5.74, 6) is -2.22. The number of halogens is 2. The van der Waals surface area contributed by atoms with Gasteiger partial charge in [-0.25, -0.2) is 4.39 Å². The molecule has 0 heterocycles. The van der Waals surface area contributed by atoms with E-state index in [9.17, 15) is 9.50 Å². The lowest BCUT2D eigenvalue weighted by Gasteiger charge is -2.14. The third kappa shape index (κ3) is 1.76. The molecule has 1 unspecified atom stereocenters. The second-order valence-corrected chi connectivity index (χ2v) is 3.50. The summed E-state index contributed by atoms with van der Waals surface area (Å²) < 4.78 is 13.4. The highest BCUT2D eigenvalue weighted by Gasteiger charge is 2.20. The summed E-state index contributed by atoms with van der Waals surface area (Å²) in [5, 5.41) is 18.5. The van der Waals surface area contributed by atoms with Crippen LogP contribution >= 0.6 is 11.6 Å². The second kappa shape index (κ2) is 4.02. The lowest BCUT2D eigenvalue weighted by molar-refractivity contribution is 0.409. The maximum Gasteiger partial charge on any atom is 0.172 e. The van der Waals surface area contributed by atoms with Gasteiger partial charge in [-0.2, -0.15) is 0 Å². The van der Waals surface area contributed by atoms with Crippen LogP contribution in [0.3, 0.4) is 0 Å². The zero-order valence-electron chi connectivity index (χ0n) is 7.59. The van der Waals surface area contributed by atoms with E-state index < -0.39 is 17.5 Å². The number of hydrogen-bond acceptors (Lipinski definition) is 3. The maximum absolute atomic E-state index is 13.4. The Balaban J connectivity index is 3.39. The quantitative estimate of drug-likeness (QED) is 0.666. The Hall–Kier alpha value is -1.00. The van der Waals surface area contributed by atoms with Crippen molar-refractivity contribution in [3.8, 4) is 11.5 Å². The summed E-state index contributed by atoms with van der Waals surface area (Å²) in [6, 6.07) is 0.957. The minimum atomic E-state index is -0.871. The Morgan fingerprint density at radius 1 is 1.57 bits per heavy atom. The van der Waals surface area contributed by atoms with Crippen molar-refractivity contribution in [3.63, 3.8) is 0 Å². The first kappa shape index (κ1) is 11.1. The predicted molar refractivity (Wildman–Crippen MR) is 52.2 cm³/mol. The van der Waals surface area contributed by atoms with Gasteiger partial charge in [0.25, 0.3) is 0 Å². The molecule has 0 spiro atoms. The van der Waals surface area contributed by atoms with Crippen molar-refractivity contribution in [2.75, 3.05) is 6.54 Å². The molecule has 0 fully saturated rings. The Morgan fingerprint density at radius 3 is 2.64 bits per heavy atom. The van der Waals surface area contributed by atoms with Crippen LogP contribution in [0.2, 0.25) is 5.02 Å². The zero-order valence-corrected chi connectivity index (χ0v) is 8.35. The molecule has 3 nitrogen and oxygen atoms in total. The molecule has 0 amide bonds. The van der Waals surface area contributed by atoms with Crippen molar-refractivity contribution in [1.82, 2.24) is 0 Å². The molecule has 5 heteroatoms. The average molecular weight is 220 g/mol. The van der Waals surface area contributed by atoms with Gasteiger partial charge in [-0.05, 0) is 6.54 Å². The number of benzene rings is 1. The molecular weight excluding hydrogens is 209 g/mol. The SMILES string of the molecule is CC(CN)c1c(O)c(Cl)cc(O)c1F. The van der Waals surface area contributed by atoms with Gasteiger partial charge >= 0.3 is 0 Å². The minimum Gasteiger partial charge on any atom is -0.506 e. The molecule has 0 radical (unpaired) electrons. The van der Waals surface area contributed by atoms with E-state index >= 15 is 0 Å². The molecule has 1 aromatic rings. The number of phenolic OH excluding ortho intramolecular Hbond substituents is 2. The van der Waals surface area contributed by atoms with Gasteiger partial charge in [0.2, 0.25) is 0 Å². The van der Waals surface area contributed by atoms with Crippen molar-refractivity contribution in [1.29, 1.82) is 0 Å². The van der Waals surface area contributed by atoms with Crippen LogP contribution in [0.1, 0.15) is 18.4 Å². The van der Waals surface area contributed by atoms with Gasteiger partial charge < -0.3 is 15.9 Å². The topological polar surface area (TPSA) is 66.5 Å². The van der Waals surface area contributed by atoms with E-state index in [1.165, 1.54) is 0 Å². The fraction of sp³-hybridized carbons (Fsp3) is 0.333. The molecule has 1 aromatic carbocycles. The third-order valence-corrected chi connectivity index (χ3v) is 2.34. The summed E-state index contributed by atoms with van der Waals surface area (Å²) in [6.45, 7) is 1.79. The van der Waals surface area contributed by atoms with Crippen LogP contribution in [-0.2, 0) is 0 Å². The van der Waals surface area contributed by atoms with Gasteiger partial charge in [-0.15, -0.1) is 0 Å². The van der Waals surface area contributed by atoms with Gasteiger partial charge in [0.05, 0.1) is 5.02 Å². The highest BCUT2D eigenvalue weighted by molar-refractivity contribution is 6.32. The Bertz CT molecular complexity index is 331. The van der Waals surface area contributed by atoms with E-state index in [0.717, 1.165) is 6.07 Å². The Morgan fingerprint density at radius 2 is 2.14 bits per heavy atom. The van der Waals surface area contributed by atoms with E-state index in [1.54, 1.807) is 6.92 Å². The number of aromatic hydroxyl groups is 2. The van der Waals surface area contributed by atoms with Crippen molar-refractivity contribution in [2.45, 2.75) is 12.8 Å². The van der Waals surface area contributed by atoms with E-state index in [0.29, 0.717) is 0 Å². The summed E-state index contributed by atoms with van der Waals surface area (Å²) >= 11 is 5.57. The average Bonchev–Trinajstić information content (AvgIpc) is 2.15. The number of hydrogen-bond donors (Lipinski definition) is 3. The molecule has 1 rings (SSSR count). The molecule has 0 aliphatic rings. The van der Waals surface area contributed by atoms with Gasteiger partial charge in [0.15, 0.2) is 11.6 Å². The maximum atomic E-state index is 13.4.